The third kappa shape index (κ3) is 2.82. The molecule has 0 saturated carbocycles. The fourth-order valence-corrected chi connectivity index (χ4v) is 2.39. The Morgan fingerprint density at radius 1 is 1.44 bits per heavy atom. The Morgan fingerprint density at radius 2 is 2.17 bits per heavy atom. The van der Waals surface area contributed by atoms with E-state index in [0.717, 1.165) is 13.5 Å². The summed E-state index contributed by atoms with van der Waals surface area (Å²) in [6, 6.07) is 3.78. The molecule has 94 valence electrons. The quantitative estimate of drug-likeness (QED) is 0.700. The summed E-state index contributed by atoms with van der Waals surface area (Å²) >= 11 is 4.23. The highest BCUT2D eigenvalue weighted by atomic mass is 127. The smallest absolute Gasteiger partial charge is 0.336 e. The standard InChI is InChI=1S/C11H7FI2N2O2/c12-7-2-1-6(8(3-7)11(17)18)4-16-5-15-9(13)10(16)14/h1-3,5H,4H2,(H,17,18). The molecule has 1 heterocycles. The SMILES string of the molecule is O=C(O)c1cc(F)ccc1Cn1cnc(I)c1I. The van der Waals surface area contributed by atoms with E-state index in [9.17, 15) is 9.18 Å². The van der Waals surface area contributed by atoms with Crippen molar-refractivity contribution in [2.75, 3.05) is 0 Å². The lowest BCUT2D eigenvalue weighted by Crippen LogP contribution is -2.08. The summed E-state index contributed by atoms with van der Waals surface area (Å²) in [6.07, 6.45) is 1.64. The normalized spacial score (nSPS) is 10.6. The summed E-state index contributed by atoms with van der Waals surface area (Å²) in [5, 5.41) is 9.05. The summed E-state index contributed by atoms with van der Waals surface area (Å²) in [4.78, 5) is 15.2. The van der Waals surface area contributed by atoms with Crippen molar-refractivity contribution in [3.63, 3.8) is 0 Å². The van der Waals surface area contributed by atoms with Gasteiger partial charge in [0.05, 0.1) is 18.4 Å². The van der Waals surface area contributed by atoms with Gasteiger partial charge < -0.3 is 9.67 Å². The monoisotopic (exact) mass is 472 g/mol. The molecule has 0 amide bonds. The molecule has 0 saturated heterocycles. The molecule has 1 aromatic heterocycles. The van der Waals surface area contributed by atoms with Crippen molar-refractivity contribution >= 4 is 51.2 Å². The van der Waals surface area contributed by atoms with Crippen molar-refractivity contribution in [3.05, 3.63) is 48.9 Å². The van der Waals surface area contributed by atoms with Crippen LogP contribution < -0.4 is 0 Å². The summed E-state index contributed by atoms with van der Waals surface area (Å²) in [7, 11) is 0. The van der Waals surface area contributed by atoms with Crippen molar-refractivity contribution in [3.8, 4) is 0 Å². The fraction of sp³-hybridized carbons (Fsp3) is 0.0909. The van der Waals surface area contributed by atoms with Crippen LogP contribution in [-0.4, -0.2) is 20.6 Å². The topological polar surface area (TPSA) is 55.1 Å². The number of carbonyl (C=O) groups is 1. The molecule has 1 N–H and O–H groups in total. The maximum absolute atomic E-state index is 13.0. The number of hydrogen-bond acceptors (Lipinski definition) is 2. The van der Waals surface area contributed by atoms with Crippen LogP contribution in [0.25, 0.3) is 0 Å². The highest BCUT2D eigenvalue weighted by Gasteiger charge is 2.13. The third-order valence-electron chi connectivity index (χ3n) is 2.38. The molecular formula is C11H7FI2N2O2. The number of hydrogen-bond donors (Lipinski definition) is 1. The molecule has 4 nitrogen and oxygen atoms in total. The van der Waals surface area contributed by atoms with Crippen molar-refractivity contribution in [1.82, 2.24) is 9.55 Å². The molecule has 7 heteroatoms. The molecular weight excluding hydrogens is 465 g/mol. The molecule has 0 fully saturated rings. The first-order valence-electron chi connectivity index (χ1n) is 4.87. The van der Waals surface area contributed by atoms with Crippen LogP contribution in [0.1, 0.15) is 15.9 Å². The molecule has 0 spiro atoms. The van der Waals surface area contributed by atoms with Crippen LogP contribution in [-0.2, 0) is 6.54 Å². The number of carboxylic acid groups (broad SMARTS) is 1. The number of aromatic nitrogens is 2. The van der Waals surface area contributed by atoms with Gasteiger partial charge in [-0.05, 0) is 62.9 Å². The zero-order valence-electron chi connectivity index (χ0n) is 8.90. The number of carboxylic acids is 1. The van der Waals surface area contributed by atoms with E-state index in [2.05, 4.69) is 50.2 Å². The minimum atomic E-state index is -1.13. The Labute approximate surface area is 130 Å². The fourth-order valence-electron chi connectivity index (χ4n) is 1.52. The Hall–Kier alpha value is -0.710. The zero-order valence-corrected chi connectivity index (χ0v) is 13.2. The first-order valence-corrected chi connectivity index (χ1v) is 7.02. The van der Waals surface area contributed by atoms with E-state index in [1.165, 1.54) is 12.1 Å². The van der Waals surface area contributed by atoms with Crippen LogP contribution in [0.5, 0.6) is 0 Å². The number of aromatic carboxylic acids is 1. The number of benzene rings is 1. The van der Waals surface area contributed by atoms with Gasteiger partial charge in [0.15, 0.2) is 0 Å². The first-order chi connectivity index (χ1) is 8.49. The van der Waals surface area contributed by atoms with E-state index >= 15 is 0 Å². The number of halogens is 3. The second-order valence-electron chi connectivity index (χ2n) is 3.56. The van der Waals surface area contributed by atoms with Crippen molar-refractivity contribution in [2.24, 2.45) is 0 Å². The maximum atomic E-state index is 13.0. The Balaban J connectivity index is 2.40. The average molecular weight is 472 g/mol. The van der Waals surface area contributed by atoms with Gasteiger partial charge in [0.25, 0.3) is 0 Å². The molecule has 0 aliphatic heterocycles. The van der Waals surface area contributed by atoms with Crippen LogP contribution in [0.4, 0.5) is 4.39 Å². The second-order valence-corrected chi connectivity index (χ2v) is 5.60. The molecule has 2 rings (SSSR count). The largest absolute Gasteiger partial charge is 0.478 e. The van der Waals surface area contributed by atoms with Gasteiger partial charge in [0, 0.05) is 0 Å². The van der Waals surface area contributed by atoms with Gasteiger partial charge in [-0.3, -0.25) is 0 Å². The number of rotatable bonds is 3. The van der Waals surface area contributed by atoms with Crippen LogP contribution in [0.2, 0.25) is 0 Å². The van der Waals surface area contributed by atoms with Crippen molar-refractivity contribution in [1.29, 1.82) is 0 Å². The Morgan fingerprint density at radius 3 is 2.72 bits per heavy atom. The van der Waals surface area contributed by atoms with Gasteiger partial charge in [0.2, 0.25) is 0 Å². The predicted octanol–water partition coefficient (Wildman–Crippen LogP) is 2.98. The zero-order chi connectivity index (χ0) is 13.3. The average Bonchev–Trinajstić information content (AvgIpc) is 2.63. The van der Waals surface area contributed by atoms with Crippen LogP contribution in [0.3, 0.4) is 0 Å². The molecule has 1 aromatic carbocycles. The molecule has 0 radical (unpaired) electrons. The predicted molar refractivity (Wildman–Crippen MR) is 80.1 cm³/mol. The van der Waals surface area contributed by atoms with Gasteiger partial charge in [-0.15, -0.1) is 0 Å². The lowest BCUT2D eigenvalue weighted by Gasteiger charge is -2.08. The van der Waals surface area contributed by atoms with E-state index in [1.807, 2.05) is 4.57 Å². The molecule has 18 heavy (non-hydrogen) atoms. The van der Waals surface area contributed by atoms with Crippen LogP contribution in [0, 0.1) is 13.2 Å². The van der Waals surface area contributed by atoms with Crippen molar-refractivity contribution < 1.29 is 14.3 Å². The van der Waals surface area contributed by atoms with Crippen molar-refractivity contribution in [2.45, 2.75) is 6.54 Å². The summed E-state index contributed by atoms with van der Waals surface area (Å²) in [5.41, 5.74) is 0.533. The Kier molecular flexibility index (Phi) is 4.20. The summed E-state index contributed by atoms with van der Waals surface area (Å²) in [5.74, 6) is -1.68. The minimum absolute atomic E-state index is 0.0190. The molecule has 2 aromatic rings. The van der Waals surface area contributed by atoms with Crippen LogP contribution >= 0.6 is 45.2 Å². The highest BCUT2D eigenvalue weighted by molar-refractivity contribution is 14.1. The van der Waals surface area contributed by atoms with Gasteiger partial charge >= 0.3 is 5.97 Å². The molecule has 0 unspecified atom stereocenters. The molecule has 0 atom stereocenters. The minimum Gasteiger partial charge on any atom is -0.478 e. The Bertz CT molecular complexity index is 613. The molecule has 0 aliphatic rings. The van der Waals surface area contributed by atoms with Gasteiger partial charge in [-0.1, -0.05) is 6.07 Å². The highest BCUT2D eigenvalue weighted by Crippen LogP contribution is 2.18. The number of imidazole rings is 1. The first kappa shape index (κ1) is 13.7. The lowest BCUT2D eigenvalue weighted by molar-refractivity contribution is 0.0695. The molecule has 0 aliphatic carbocycles. The summed E-state index contributed by atoms with van der Waals surface area (Å²) in [6.45, 7) is 0.357. The molecule has 0 bridgehead atoms. The van der Waals surface area contributed by atoms with E-state index in [4.69, 9.17) is 5.11 Å². The third-order valence-corrected chi connectivity index (χ3v) is 5.33. The van der Waals surface area contributed by atoms with E-state index < -0.39 is 11.8 Å². The van der Waals surface area contributed by atoms with Crippen LogP contribution in [0.15, 0.2) is 24.5 Å². The van der Waals surface area contributed by atoms with Gasteiger partial charge in [0.1, 0.15) is 13.2 Å². The van der Waals surface area contributed by atoms with Gasteiger partial charge in [-0.2, -0.15) is 0 Å². The van der Waals surface area contributed by atoms with E-state index in [0.29, 0.717) is 12.1 Å². The number of nitrogens with zero attached hydrogens (tertiary/aromatic N) is 2. The maximum Gasteiger partial charge on any atom is 0.336 e. The second kappa shape index (κ2) is 5.51. The lowest BCUT2D eigenvalue weighted by atomic mass is 10.1. The van der Waals surface area contributed by atoms with E-state index in [-0.39, 0.29) is 5.56 Å². The van der Waals surface area contributed by atoms with E-state index in [1.54, 1.807) is 6.33 Å². The van der Waals surface area contributed by atoms with Gasteiger partial charge in [-0.25, -0.2) is 14.2 Å². The summed E-state index contributed by atoms with van der Waals surface area (Å²) < 4.78 is 16.6.